The SMILES string of the molecule is COc1ccc(/C=C/C(=O)OCCOc2cccc(C)c2)c(OC)c1. The number of rotatable bonds is 8. The molecule has 132 valence electrons. The lowest BCUT2D eigenvalue weighted by Crippen LogP contribution is -2.10. The van der Waals surface area contributed by atoms with E-state index in [9.17, 15) is 4.79 Å². The molecule has 0 bridgehead atoms. The van der Waals surface area contributed by atoms with E-state index in [1.807, 2.05) is 37.3 Å². The van der Waals surface area contributed by atoms with Gasteiger partial charge in [-0.25, -0.2) is 4.79 Å². The first-order valence-electron chi connectivity index (χ1n) is 7.88. The second kappa shape index (κ2) is 9.37. The molecule has 25 heavy (non-hydrogen) atoms. The third-order valence-corrected chi connectivity index (χ3v) is 3.43. The zero-order valence-corrected chi connectivity index (χ0v) is 14.7. The topological polar surface area (TPSA) is 54.0 Å². The first-order chi connectivity index (χ1) is 12.1. The Bertz CT molecular complexity index is 737. The predicted molar refractivity (Wildman–Crippen MR) is 96.2 cm³/mol. The molecule has 0 fully saturated rings. The van der Waals surface area contributed by atoms with Gasteiger partial charge in [-0.05, 0) is 42.8 Å². The highest BCUT2D eigenvalue weighted by Crippen LogP contribution is 2.25. The van der Waals surface area contributed by atoms with Crippen molar-refractivity contribution in [1.29, 1.82) is 0 Å². The fourth-order valence-corrected chi connectivity index (χ4v) is 2.17. The van der Waals surface area contributed by atoms with Crippen LogP contribution in [0.15, 0.2) is 48.5 Å². The minimum absolute atomic E-state index is 0.177. The molecule has 2 rings (SSSR count). The summed E-state index contributed by atoms with van der Waals surface area (Å²) in [5.41, 5.74) is 1.88. The van der Waals surface area contributed by atoms with Gasteiger partial charge in [-0.3, -0.25) is 0 Å². The van der Waals surface area contributed by atoms with Gasteiger partial charge in [-0.2, -0.15) is 0 Å². The highest BCUT2D eigenvalue weighted by molar-refractivity contribution is 5.87. The van der Waals surface area contributed by atoms with E-state index in [2.05, 4.69) is 0 Å². The monoisotopic (exact) mass is 342 g/mol. The molecule has 2 aromatic rings. The maximum absolute atomic E-state index is 11.8. The lowest BCUT2D eigenvalue weighted by Gasteiger charge is -2.08. The van der Waals surface area contributed by atoms with Gasteiger partial charge in [-0.1, -0.05) is 12.1 Å². The summed E-state index contributed by atoms with van der Waals surface area (Å²) in [6, 6.07) is 13.1. The van der Waals surface area contributed by atoms with E-state index in [0.717, 1.165) is 16.9 Å². The summed E-state index contributed by atoms with van der Waals surface area (Å²) < 4.78 is 21.1. The molecule has 0 aliphatic carbocycles. The summed E-state index contributed by atoms with van der Waals surface area (Å²) >= 11 is 0. The molecule has 0 heterocycles. The Hall–Kier alpha value is -2.95. The van der Waals surface area contributed by atoms with E-state index in [4.69, 9.17) is 18.9 Å². The van der Waals surface area contributed by atoms with Gasteiger partial charge in [0.15, 0.2) is 0 Å². The summed E-state index contributed by atoms with van der Waals surface area (Å²) in [4.78, 5) is 11.8. The largest absolute Gasteiger partial charge is 0.497 e. The van der Waals surface area contributed by atoms with Gasteiger partial charge in [0.25, 0.3) is 0 Å². The van der Waals surface area contributed by atoms with Gasteiger partial charge in [0.05, 0.1) is 14.2 Å². The van der Waals surface area contributed by atoms with Gasteiger partial charge in [0.2, 0.25) is 0 Å². The van der Waals surface area contributed by atoms with Gasteiger partial charge < -0.3 is 18.9 Å². The van der Waals surface area contributed by atoms with Crippen molar-refractivity contribution in [2.24, 2.45) is 0 Å². The summed E-state index contributed by atoms with van der Waals surface area (Å²) in [7, 11) is 3.15. The average molecular weight is 342 g/mol. The fourth-order valence-electron chi connectivity index (χ4n) is 2.17. The Kier molecular flexibility index (Phi) is 6.89. The number of hydrogen-bond donors (Lipinski definition) is 0. The minimum atomic E-state index is -0.439. The maximum Gasteiger partial charge on any atom is 0.330 e. The summed E-state index contributed by atoms with van der Waals surface area (Å²) in [5, 5.41) is 0. The van der Waals surface area contributed by atoms with E-state index in [1.165, 1.54) is 6.08 Å². The van der Waals surface area contributed by atoms with E-state index >= 15 is 0 Å². The molecule has 0 saturated carbocycles. The Morgan fingerprint density at radius 3 is 2.56 bits per heavy atom. The molecule has 0 saturated heterocycles. The Morgan fingerprint density at radius 1 is 1.00 bits per heavy atom. The Morgan fingerprint density at radius 2 is 1.84 bits per heavy atom. The number of carbonyl (C=O) groups excluding carboxylic acids is 1. The van der Waals surface area contributed by atoms with Crippen LogP contribution in [-0.2, 0) is 9.53 Å². The molecular formula is C20H22O5. The second-order valence-electron chi connectivity index (χ2n) is 5.27. The smallest absolute Gasteiger partial charge is 0.330 e. The third-order valence-electron chi connectivity index (χ3n) is 3.43. The lowest BCUT2D eigenvalue weighted by molar-refractivity contribution is -0.138. The number of hydrogen-bond acceptors (Lipinski definition) is 5. The number of carbonyl (C=O) groups is 1. The first kappa shape index (κ1) is 18.4. The molecule has 0 aromatic heterocycles. The number of benzene rings is 2. The molecule has 5 nitrogen and oxygen atoms in total. The number of aryl methyl sites for hydroxylation is 1. The fraction of sp³-hybridized carbons (Fsp3) is 0.250. The molecule has 0 radical (unpaired) electrons. The van der Waals surface area contributed by atoms with E-state index in [-0.39, 0.29) is 6.61 Å². The quantitative estimate of drug-likeness (QED) is 0.416. The van der Waals surface area contributed by atoms with Crippen molar-refractivity contribution < 1.29 is 23.7 Å². The molecule has 0 spiro atoms. The molecule has 0 amide bonds. The summed E-state index contributed by atoms with van der Waals surface area (Å²) in [6.45, 7) is 2.47. The molecule has 0 N–H and O–H groups in total. The number of esters is 1. The summed E-state index contributed by atoms with van der Waals surface area (Å²) in [6.07, 6.45) is 3.00. The van der Waals surface area contributed by atoms with E-state index in [1.54, 1.807) is 32.4 Å². The van der Waals surface area contributed by atoms with E-state index in [0.29, 0.717) is 18.1 Å². The third kappa shape index (κ3) is 5.88. The zero-order valence-electron chi connectivity index (χ0n) is 14.7. The average Bonchev–Trinajstić information content (AvgIpc) is 2.63. The van der Waals surface area contributed by atoms with Gasteiger partial charge in [-0.15, -0.1) is 0 Å². The van der Waals surface area contributed by atoms with Crippen molar-refractivity contribution in [2.45, 2.75) is 6.92 Å². The molecule has 0 atom stereocenters. The highest BCUT2D eigenvalue weighted by Gasteiger charge is 2.04. The van der Waals surface area contributed by atoms with Crippen LogP contribution in [0.1, 0.15) is 11.1 Å². The van der Waals surface area contributed by atoms with Crippen LogP contribution in [0.2, 0.25) is 0 Å². The predicted octanol–water partition coefficient (Wildman–Crippen LogP) is 3.65. The van der Waals surface area contributed by atoms with Gasteiger partial charge >= 0.3 is 5.97 Å². The molecule has 2 aromatic carbocycles. The number of ether oxygens (including phenoxy) is 4. The molecular weight excluding hydrogens is 320 g/mol. The maximum atomic E-state index is 11.8. The van der Waals surface area contributed by atoms with Crippen LogP contribution in [0.4, 0.5) is 0 Å². The van der Waals surface area contributed by atoms with E-state index < -0.39 is 5.97 Å². The molecule has 0 aliphatic heterocycles. The molecule has 5 heteroatoms. The van der Waals surface area contributed by atoms with Crippen LogP contribution in [0.25, 0.3) is 6.08 Å². The first-order valence-corrected chi connectivity index (χ1v) is 7.88. The van der Waals surface area contributed by atoms with Crippen LogP contribution in [0.3, 0.4) is 0 Å². The van der Waals surface area contributed by atoms with Crippen molar-refractivity contribution in [3.8, 4) is 17.2 Å². The standard InChI is InChI=1S/C20H22O5/c1-15-5-4-6-18(13-15)24-11-12-25-20(21)10-8-16-7-9-17(22-2)14-19(16)23-3/h4-10,13-14H,11-12H2,1-3H3/b10-8+. The summed E-state index contributed by atoms with van der Waals surface area (Å²) in [5.74, 6) is 1.62. The van der Waals surface area contributed by atoms with Crippen molar-refractivity contribution in [2.75, 3.05) is 27.4 Å². The highest BCUT2D eigenvalue weighted by atomic mass is 16.6. The van der Waals surface area contributed by atoms with Crippen molar-refractivity contribution >= 4 is 12.0 Å². The van der Waals surface area contributed by atoms with Gasteiger partial charge in [0, 0.05) is 17.7 Å². The molecule has 0 aliphatic rings. The van der Waals surface area contributed by atoms with Crippen molar-refractivity contribution in [3.05, 3.63) is 59.7 Å². The molecule has 0 unspecified atom stereocenters. The van der Waals surface area contributed by atoms with Crippen LogP contribution in [-0.4, -0.2) is 33.4 Å². The second-order valence-corrected chi connectivity index (χ2v) is 5.27. The van der Waals surface area contributed by atoms with Crippen LogP contribution in [0.5, 0.6) is 17.2 Å². The van der Waals surface area contributed by atoms with Crippen LogP contribution >= 0.6 is 0 Å². The lowest BCUT2D eigenvalue weighted by atomic mass is 10.2. The van der Waals surface area contributed by atoms with Gasteiger partial charge in [0.1, 0.15) is 30.5 Å². The van der Waals surface area contributed by atoms with Crippen LogP contribution < -0.4 is 14.2 Å². The minimum Gasteiger partial charge on any atom is -0.497 e. The van der Waals surface area contributed by atoms with Crippen molar-refractivity contribution in [1.82, 2.24) is 0 Å². The zero-order chi connectivity index (χ0) is 18.1. The Balaban J connectivity index is 1.81. The van der Waals surface area contributed by atoms with Crippen LogP contribution in [0, 0.1) is 6.92 Å². The van der Waals surface area contributed by atoms with Crippen molar-refractivity contribution in [3.63, 3.8) is 0 Å². The normalized spacial score (nSPS) is 10.5. The Labute approximate surface area is 147 Å². The number of methoxy groups -OCH3 is 2.